The molecule has 0 saturated heterocycles. The maximum Gasteiger partial charge on any atom is 0.269 e. The fourth-order valence-corrected chi connectivity index (χ4v) is 1.72. The monoisotopic (exact) mass is 219 g/mol. The second-order valence-corrected chi connectivity index (χ2v) is 4.17. The van der Waals surface area contributed by atoms with Crippen molar-refractivity contribution in [1.82, 2.24) is 10.3 Å². The van der Waals surface area contributed by atoms with E-state index in [2.05, 4.69) is 15.6 Å². The van der Waals surface area contributed by atoms with E-state index in [9.17, 15) is 4.79 Å². The molecule has 2 rings (SSSR count). The summed E-state index contributed by atoms with van der Waals surface area (Å²) in [4.78, 5) is 15.9. The van der Waals surface area contributed by atoms with Crippen molar-refractivity contribution >= 4 is 11.7 Å². The largest absolute Gasteiger partial charge is 0.373 e. The second kappa shape index (κ2) is 4.96. The molecule has 1 saturated carbocycles. The molecule has 86 valence electrons. The number of carbonyl (C=O) groups excluding carboxylic acids is 1. The Morgan fingerprint density at radius 3 is 2.94 bits per heavy atom. The zero-order valence-corrected chi connectivity index (χ0v) is 9.49. The molecule has 2 N–H and O–H groups in total. The highest BCUT2D eigenvalue weighted by Crippen LogP contribution is 2.25. The van der Waals surface area contributed by atoms with Crippen LogP contribution in [0.4, 0.5) is 5.82 Å². The Kier molecular flexibility index (Phi) is 3.39. The molecule has 1 aliphatic rings. The van der Waals surface area contributed by atoms with E-state index in [1.165, 1.54) is 19.3 Å². The van der Waals surface area contributed by atoms with Crippen molar-refractivity contribution in [1.29, 1.82) is 0 Å². The van der Waals surface area contributed by atoms with Gasteiger partial charge >= 0.3 is 0 Å². The Morgan fingerprint density at radius 1 is 1.50 bits per heavy atom. The minimum Gasteiger partial charge on any atom is -0.373 e. The summed E-state index contributed by atoms with van der Waals surface area (Å²) in [7, 11) is 1.79. The van der Waals surface area contributed by atoms with E-state index in [-0.39, 0.29) is 5.91 Å². The molecule has 0 spiro atoms. The molecule has 0 radical (unpaired) electrons. The van der Waals surface area contributed by atoms with Crippen LogP contribution in [-0.4, -0.2) is 24.5 Å². The van der Waals surface area contributed by atoms with Gasteiger partial charge in [0, 0.05) is 13.6 Å². The van der Waals surface area contributed by atoms with Crippen molar-refractivity contribution in [3.05, 3.63) is 23.9 Å². The van der Waals surface area contributed by atoms with Crippen LogP contribution in [0.1, 0.15) is 29.8 Å². The summed E-state index contributed by atoms with van der Waals surface area (Å²) in [6.45, 7) is 0.782. The third kappa shape index (κ3) is 2.51. The first-order chi connectivity index (χ1) is 7.79. The third-order valence-electron chi connectivity index (χ3n) is 3.01. The van der Waals surface area contributed by atoms with E-state index in [1.807, 2.05) is 12.1 Å². The van der Waals surface area contributed by atoms with E-state index in [1.54, 1.807) is 13.1 Å². The predicted molar refractivity (Wildman–Crippen MR) is 63.5 cm³/mol. The number of nitrogens with one attached hydrogen (secondary N) is 2. The summed E-state index contributed by atoms with van der Waals surface area (Å²) >= 11 is 0. The van der Waals surface area contributed by atoms with Gasteiger partial charge in [0.15, 0.2) is 0 Å². The normalized spacial score (nSPS) is 15.3. The van der Waals surface area contributed by atoms with Crippen molar-refractivity contribution in [2.45, 2.75) is 19.3 Å². The molecule has 16 heavy (non-hydrogen) atoms. The average molecular weight is 219 g/mol. The van der Waals surface area contributed by atoms with Gasteiger partial charge in [-0.3, -0.25) is 4.79 Å². The van der Waals surface area contributed by atoms with Crippen LogP contribution in [0, 0.1) is 5.92 Å². The molecular formula is C12H17N3O. The first-order valence-corrected chi connectivity index (χ1v) is 5.72. The lowest BCUT2D eigenvalue weighted by Gasteiger charge is -2.25. The van der Waals surface area contributed by atoms with Gasteiger partial charge < -0.3 is 10.6 Å². The van der Waals surface area contributed by atoms with Gasteiger partial charge in [0.25, 0.3) is 5.91 Å². The van der Waals surface area contributed by atoms with Gasteiger partial charge in [-0.15, -0.1) is 0 Å². The van der Waals surface area contributed by atoms with Gasteiger partial charge in [0.2, 0.25) is 0 Å². The van der Waals surface area contributed by atoms with Crippen LogP contribution in [0.15, 0.2) is 18.2 Å². The zero-order chi connectivity index (χ0) is 11.4. The number of hydrogen-bond acceptors (Lipinski definition) is 3. The highest BCUT2D eigenvalue weighted by molar-refractivity contribution is 5.92. The van der Waals surface area contributed by atoms with Crippen LogP contribution < -0.4 is 10.6 Å². The Hall–Kier alpha value is -1.58. The summed E-state index contributed by atoms with van der Waals surface area (Å²) in [6, 6.07) is 5.40. The molecule has 1 heterocycles. The second-order valence-electron chi connectivity index (χ2n) is 4.17. The number of hydrogen-bond donors (Lipinski definition) is 2. The maximum absolute atomic E-state index is 11.8. The van der Waals surface area contributed by atoms with E-state index in [0.29, 0.717) is 11.6 Å². The summed E-state index contributed by atoms with van der Waals surface area (Å²) in [5, 5.41) is 5.84. The predicted octanol–water partition coefficient (Wildman–Crippen LogP) is 1.65. The van der Waals surface area contributed by atoms with Crippen molar-refractivity contribution < 1.29 is 4.79 Å². The Labute approximate surface area is 95.5 Å². The van der Waals surface area contributed by atoms with Crippen LogP contribution >= 0.6 is 0 Å². The number of amides is 1. The van der Waals surface area contributed by atoms with Gasteiger partial charge in [0.1, 0.15) is 11.5 Å². The van der Waals surface area contributed by atoms with Crippen molar-refractivity contribution in [3.8, 4) is 0 Å². The quantitative estimate of drug-likeness (QED) is 0.809. The third-order valence-corrected chi connectivity index (χ3v) is 3.01. The van der Waals surface area contributed by atoms with Crippen molar-refractivity contribution in [2.75, 3.05) is 18.9 Å². The molecular weight excluding hydrogens is 202 g/mol. The zero-order valence-electron chi connectivity index (χ0n) is 9.49. The molecule has 0 aromatic carbocycles. The first kappa shape index (κ1) is 10.9. The van der Waals surface area contributed by atoms with E-state index in [0.717, 1.165) is 12.4 Å². The molecule has 1 aromatic heterocycles. The number of nitrogens with zero attached hydrogens (tertiary/aromatic N) is 1. The summed E-state index contributed by atoms with van der Waals surface area (Å²) in [5.74, 6) is 1.32. The molecule has 0 unspecified atom stereocenters. The number of aromatic nitrogens is 1. The molecule has 4 nitrogen and oxygen atoms in total. The summed E-state index contributed by atoms with van der Waals surface area (Å²) < 4.78 is 0. The highest BCUT2D eigenvalue weighted by Gasteiger charge is 2.18. The van der Waals surface area contributed by atoms with Crippen LogP contribution in [0.25, 0.3) is 0 Å². The van der Waals surface area contributed by atoms with Crippen LogP contribution in [0.3, 0.4) is 0 Å². The summed E-state index contributed by atoms with van der Waals surface area (Å²) in [5.41, 5.74) is 0.478. The molecule has 0 bridgehead atoms. The van der Waals surface area contributed by atoms with Crippen LogP contribution in [0.5, 0.6) is 0 Å². The standard InChI is InChI=1S/C12H17N3O/c1-13-11-7-3-6-10(15-11)12(16)14-8-9-4-2-5-9/h3,6-7,9H,2,4-5,8H2,1H3,(H,13,15)(H,14,16). The van der Waals surface area contributed by atoms with Gasteiger partial charge in [-0.2, -0.15) is 0 Å². The van der Waals surface area contributed by atoms with E-state index >= 15 is 0 Å². The Morgan fingerprint density at radius 2 is 2.31 bits per heavy atom. The number of anilines is 1. The molecule has 0 aliphatic heterocycles. The lowest BCUT2D eigenvalue weighted by atomic mass is 9.85. The van der Waals surface area contributed by atoms with Gasteiger partial charge in [0.05, 0.1) is 0 Å². The average Bonchev–Trinajstić information content (AvgIpc) is 2.27. The smallest absolute Gasteiger partial charge is 0.269 e. The van der Waals surface area contributed by atoms with Crippen LogP contribution in [-0.2, 0) is 0 Å². The summed E-state index contributed by atoms with van der Waals surface area (Å²) in [6.07, 6.45) is 3.78. The van der Waals surface area contributed by atoms with Gasteiger partial charge in [-0.1, -0.05) is 12.5 Å². The lowest BCUT2D eigenvalue weighted by molar-refractivity contribution is 0.0934. The molecule has 1 aliphatic carbocycles. The molecule has 1 amide bonds. The topological polar surface area (TPSA) is 54.0 Å². The fraction of sp³-hybridized carbons (Fsp3) is 0.500. The number of pyridine rings is 1. The van der Waals surface area contributed by atoms with Crippen LogP contribution in [0.2, 0.25) is 0 Å². The van der Waals surface area contributed by atoms with Gasteiger partial charge in [-0.05, 0) is 30.9 Å². The SMILES string of the molecule is CNc1cccc(C(=O)NCC2CCC2)n1. The van der Waals surface area contributed by atoms with Crippen molar-refractivity contribution in [2.24, 2.45) is 5.92 Å². The maximum atomic E-state index is 11.8. The number of rotatable bonds is 4. The fourth-order valence-electron chi connectivity index (χ4n) is 1.72. The highest BCUT2D eigenvalue weighted by atomic mass is 16.1. The van der Waals surface area contributed by atoms with Crippen molar-refractivity contribution in [3.63, 3.8) is 0 Å². The van der Waals surface area contributed by atoms with Gasteiger partial charge in [-0.25, -0.2) is 4.98 Å². The molecule has 1 fully saturated rings. The Balaban J connectivity index is 1.91. The van der Waals surface area contributed by atoms with E-state index < -0.39 is 0 Å². The minimum absolute atomic E-state index is 0.0796. The molecule has 4 heteroatoms. The first-order valence-electron chi connectivity index (χ1n) is 5.72. The minimum atomic E-state index is -0.0796. The van der Waals surface area contributed by atoms with E-state index in [4.69, 9.17) is 0 Å². The molecule has 1 aromatic rings. The lowest BCUT2D eigenvalue weighted by Crippen LogP contribution is -2.32. The Bertz CT molecular complexity index is 374. The molecule has 0 atom stereocenters. The number of carbonyl (C=O) groups is 1.